The summed E-state index contributed by atoms with van der Waals surface area (Å²) in [4.78, 5) is 15.5. The van der Waals surface area contributed by atoms with E-state index >= 15 is 0 Å². The van der Waals surface area contributed by atoms with Gasteiger partial charge in [-0.15, -0.1) is 0 Å². The summed E-state index contributed by atoms with van der Waals surface area (Å²) in [6.45, 7) is 0.0173. The van der Waals surface area contributed by atoms with E-state index in [-0.39, 0.29) is 18.0 Å². The molecule has 0 saturated heterocycles. The van der Waals surface area contributed by atoms with E-state index in [4.69, 9.17) is 10.6 Å². The zero-order chi connectivity index (χ0) is 16.8. The molecule has 1 amide bonds. The number of pyridine rings is 1. The third-order valence-electron chi connectivity index (χ3n) is 2.96. The van der Waals surface area contributed by atoms with Crippen LogP contribution in [0.1, 0.15) is 17.3 Å². The van der Waals surface area contributed by atoms with E-state index in [2.05, 4.69) is 4.98 Å². The minimum Gasteiger partial charge on any atom is -0.443 e. The van der Waals surface area contributed by atoms with Crippen molar-refractivity contribution in [1.29, 1.82) is 0 Å². The molecule has 0 aliphatic heterocycles. The summed E-state index contributed by atoms with van der Waals surface area (Å²) in [6, 6.07) is 11.2. The second kappa shape index (κ2) is 7.59. The minimum absolute atomic E-state index is 0.0173. The number of hydrogen-bond donors (Lipinski definition) is 1. The molecule has 2 rings (SSSR count). The van der Waals surface area contributed by atoms with Gasteiger partial charge in [-0.2, -0.15) is 5.01 Å². The highest BCUT2D eigenvalue weighted by atomic mass is 19.3. The molecule has 0 aliphatic carbocycles. The van der Waals surface area contributed by atoms with Crippen LogP contribution in [-0.4, -0.2) is 17.5 Å². The molecule has 0 spiro atoms. The molecule has 1 aromatic heterocycles. The van der Waals surface area contributed by atoms with Crippen molar-refractivity contribution >= 4 is 11.9 Å². The predicted molar refractivity (Wildman–Crippen MR) is 77.4 cm³/mol. The molecule has 1 aromatic carbocycles. The first-order valence-corrected chi connectivity index (χ1v) is 6.62. The van der Waals surface area contributed by atoms with E-state index in [1.54, 1.807) is 24.3 Å². The highest BCUT2D eigenvalue weighted by Crippen LogP contribution is 2.25. The number of benzene rings is 1. The van der Waals surface area contributed by atoms with Crippen molar-refractivity contribution in [3.63, 3.8) is 0 Å². The molecule has 5 nitrogen and oxygen atoms in total. The molecule has 1 unspecified atom stereocenters. The fourth-order valence-corrected chi connectivity index (χ4v) is 1.73. The van der Waals surface area contributed by atoms with E-state index in [1.807, 2.05) is 6.07 Å². The van der Waals surface area contributed by atoms with Gasteiger partial charge < -0.3 is 4.74 Å². The van der Waals surface area contributed by atoms with Crippen molar-refractivity contribution in [3.05, 3.63) is 59.8 Å². The molecular weight excluding hydrogens is 311 g/mol. The Morgan fingerprint density at radius 2 is 1.87 bits per heavy atom. The van der Waals surface area contributed by atoms with E-state index in [0.29, 0.717) is 5.01 Å². The number of nitrogens with zero attached hydrogens (tertiary/aromatic N) is 2. The van der Waals surface area contributed by atoms with Crippen LogP contribution in [0.5, 0.6) is 0 Å². The van der Waals surface area contributed by atoms with Crippen molar-refractivity contribution in [2.24, 2.45) is 5.84 Å². The summed E-state index contributed by atoms with van der Waals surface area (Å²) in [7, 11) is 0. The summed E-state index contributed by atoms with van der Waals surface area (Å²) in [5.74, 6) is 5.50. The highest BCUT2D eigenvalue weighted by molar-refractivity contribution is 5.84. The van der Waals surface area contributed by atoms with Crippen LogP contribution in [0.15, 0.2) is 48.7 Å². The predicted octanol–water partition coefficient (Wildman–Crippen LogP) is 3.37. The van der Waals surface area contributed by atoms with Crippen LogP contribution in [0.3, 0.4) is 0 Å². The largest absolute Gasteiger partial charge is 0.443 e. The molecule has 122 valence electrons. The van der Waals surface area contributed by atoms with Crippen LogP contribution in [-0.2, 0) is 11.3 Å². The van der Waals surface area contributed by atoms with Crippen LogP contribution in [0.25, 0.3) is 0 Å². The lowest BCUT2D eigenvalue weighted by Gasteiger charge is -2.16. The number of alkyl halides is 3. The number of carbonyl (C=O) groups excluding carboxylic acids is 1. The molecule has 0 fully saturated rings. The van der Waals surface area contributed by atoms with Gasteiger partial charge in [0.15, 0.2) is 12.0 Å². The fourth-order valence-electron chi connectivity index (χ4n) is 1.73. The van der Waals surface area contributed by atoms with Crippen LogP contribution >= 0.6 is 0 Å². The van der Waals surface area contributed by atoms with Crippen molar-refractivity contribution in [3.8, 4) is 0 Å². The molecule has 0 aliphatic rings. The molecule has 8 heteroatoms. The number of aromatic nitrogens is 1. The first-order chi connectivity index (χ1) is 11.0. The molecular formula is C15H14F3N3O2. The van der Waals surface area contributed by atoms with Crippen molar-refractivity contribution < 1.29 is 22.7 Å². The summed E-state index contributed by atoms with van der Waals surface area (Å²) >= 11 is 0. The van der Waals surface area contributed by atoms with E-state index in [1.165, 1.54) is 0 Å². The van der Waals surface area contributed by atoms with Gasteiger partial charge >= 0.3 is 6.09 Å². The van der Waals surface area contributed by atoms with Gasteiger partial charge in [0.1, 0.15) is 6.61 Å². The number of hydrogen-bond acceptors (Lipinski definition) is 4. The molecule has 1 heterocycles. The molecule has 0 saturated carbocycles. The number of anilines is 1. The lowest BCUT2D eigenvalue weighted by molar-refractivity contribution is 0.0494. The molecule has 1 atom stereocenters. The van der Waals surface area contributed by atoms with Gasteiger partial charge in [0.2, 0.25) is 0 Å². The zero-order valence-electron chi connectivity index (χ0n) is 11.9. The first-order valence-electron chi connectivity index (χ1n) is 6.62. The van der Waals surface area contributed by atoms with Gasteiger partial charge in [0.25, 0.3) is 6.43 Å². The third-order valence-corrected chi connectivity index (χ3v) is 2.96. The van der Waals surface area contributed by atoms with Gasteiger partial charge in [-0.25, -0.2) is 28.8 Å². The first kappa shape index (κ1) is 16.8. The summed E-state index contributed by atoms with van der Waals surface area (Å²) in [6.07, 6.45) is -5.56. The van der Waals surface area contributed by atoms with E-state index < -0.39 is 18.7 Å². The summed E-state index contributed by atoms with van der Waals surface area (Å²) in [5, 5.41) is 0.613. The second-order valence-electron chi connectivity index (χ2n) is 4.60. The molecule has 0 bridgehead atoms. The fraction of sp³-hybridized carbons (Fsp3) is 0.200. The Hall–Kier alpha value is -2.61. The maximum absolute atomic E-state index is 13.1. The number of halogens is 3. The van der Waals surface area contributed by atoms with Gasteiger partial charge in [-0.05, 0) is 11.6 Å². The Morgan fingerprint density at radius 3 is 2.43 bits per heavy atom. The number of ether oxygens (including phenoxy) is 1. The lowest BCUT2D eigenvalue weighted by Crippen LogP contribution is -2.38. The smallest absolute Gasteiger partial charge is 0.430 e. The number of rotatable bonds is 5. The second-order valence-corrected chi connectivity index (χ2v) is 4.60. The third kappa shape index (κ3) is 4.43. The topological polar surface area (TPSA) is 68.5 Å². The average Bonchev–Trinajstić information content (AvgIpc) is 2.59. The molecule has 0 radical (unpaired) electrons. The standard InChI is InChI=1S/C15H14F3N3O2/c16-13(14(17)18)11-6-7-12(20-8-11)21(19)15(22)23-9-10-4-2-1-3-5-10/h1-8,13-14H,9,19H2. The van der Waals surface area contributed by atoms with Crippen LogP contribution in [0.2, 0.25) is 0 Å². The Bertz CT molecular complexity index is 638. The normalized spacial score (nSPS) is 12.0. The highest BCUT2D eigenvalue weighted by Gasteiger charge is 2.22. The number of carbonyl (C=O) groups is 1. The van der Waals surface area contributed by atoms with Crippen LogP contribution < -0.4 is 10.9 Å². The quantitative estimate of drug-likeness (QED) is 0.520. The van der Waals surface area contributed by atoms with Crippen LogP contribution in [0, 0.1) is 0 Å². The molecule has 23 heavy (non-hydrogen) atoms. The average molecular weight is 325 g/mol. The van der Waals surface area contributed by atoms with Gasteiger partial charge in [-0.1, -0.05) is 36.4 Å². The molecule has 2 N–H and O–H groups in total. The van der Waals surface area contributed by atoms with Crippen molar-refractivity contribution in [2.45, 2.75) is 19.2 Å². The van der Waals surface area contributed by atoms with E-state index in [9.17, 15) is 18.0 Å². The van der Waals surface area contributed by atoms with Gasteiger partial charge in [0.05, 0.1) is 0 Å². The SMILES string of the molecule is NN(C(=O)OCc1ccccc1)c1ccc(C(F)C(F)F)cn1. The number of hydrazine groups is 1. The zero-order valence-corrected chi connectivity index (χ0v) is 11.9. The molecule has 2 aromatic rings. The monoisotopic (exact) mass is 325 g/mol. The maximum atomic E-state index is 13.1. The Morgan fingerprint density at radius 1 is 1.17 bits per heavy atom. The summed E-state index contributed by atoms with van der Waals surface area (Å²) < 4.78 is 42.6. The maximum Gasteiger partial charge on any atom is 0.430 e. The summed E-state index contributed by atoms with van der Waals surface area (Å²) in [5.41, 5.74) is 0.476. The van der Waals surface area contributed by atoms with Gasteiger partial charge in [-0.3, -0.25) is 0 Å². The number of nitrogens with two attached hydrogens (primary N) is 1. The van der Waals surface area contributed by atoms with Crippen molar-refractivity contribution in [1.82, 2.24) is 4.98 Å². The lowest BCUT2D eigenvalue weighted by atomic mass is 10.2. The van der Waals surface area contributed by atoms with E-state index in [0.717, 1.165) is 23.9 Å². The van der Waals surface area contributed by atoms with Gasteiger partial charge in [0, 0.05) is 11.8 Å². The van der Waals surface area contributed by atoms with Crippen molar-refractivity contribution in [2.75, 3.05) is 5.01 Å². The number of amides is 1. The Balaban J connectivity index is 1.96. The Labute approximate surface area is 130 Å². The minimum atomic E-state index is -3.15. The Kier molecular flexibility index (Phi) is 5.53. The van der Waals surface area contributed by atoms with Crippen LogP contribution in [0.4, 0.5) is 23.8 Å².